The predicted octanol–water partition coefficient (Wildman–Crippen LogP) is -0.421. The lowest BCUT2D eigenvalue weighted by atomic mass is 10.4. The topological polar surface area (TPSA) is 73.9 Å². The lowest BCUT2D eigenvalue weighted by Crippen LogP contribution is -2.24. The van der Waals surface area contributed by atoms with Crippen LogP contribution in [-0.2, 0) is 6.54 Å². The number of aromatic amines is 2. The summed E-state index contributed by atoms with van der Waals surface area (Å²) in [4.78, 5) is 29.5. The van der Waals surface area contributed by atoms with Crippen LogP contribution in [0.5, 0.6) is 0 Å². The van der Waals surface area contributed by atoms with Crippen LogP contribution in [0.3, 0.4) is 0 Å². The fourth-order valence-electron chi connectivity index (χ4n) is 1.64. The van der Waals surface area contributed by atoms with Crippen molar-refractivity contribution >= 4 is 11.0 Å². The molecule has 2 aromatic rings. The van der Waals surface area contributed by atoms with Gasteiger partial charge in [-0.05, 0) is 20.2 Å². The van der Waals surface area contributed by atoms with Gasteiger partial charge in [0.15, 0.2) is 0 Å². The highest BCUT2D eigenvalue weighted by atomic mass is 16.2. The van der Waals surface area contributed by atoms with Crippen LogP contribution < -0.4 is 11.2 Å². The smallest absolute Gasteiger partial charge is 0.326 e. The number of fused-ring (bicyclic) bond motifs is 1. The summed E-state index contributed by atoms with van der Waals surface area (Å²) in [7, 11) is 3.94. The van der Waals surface area contributed by atoms with Gasteiger partial charge in [-0.1, -0.05) is 0 Å². The van der Waals surface area contributed by atoms with Crippen LogP contribution in [-0.4, -0.2) is 40.1 Å². The second kappa shape index (κ2) is 3.97. The molecule has 0 saturated heterocycles. The van der Waals surface area contributed by atoms with Crippen LogP contribution in [0, 0.1) is 0 Å². The molecule has 0 saturated carbocycles. The van der Waals surface area contributed by atoms with Crippen LogP contribution in [0.15, 0.2) is 21.9 Å². The van der Waals surface area contributed by atoms with Gasteiger partial charge in [-0.3, -0.25) is 9.78 Å². The number of rotatable bonds is 3. The monoisotopic (exact) mass is 222 g/mol. The molecule has 2 heterocycles. The number of hydrogen-bond acceptors (Lipinski definition) is 3. The lowest BCUT2D eigenvalue weighted by molar-refractivity contribution is 0.386. The van der Waals surface area contributed by atoms with E-state index in [0.29, 0.717) is 17.6 Å². The third-order valence-corrected chi connectivity index (χ3v) is 2.44. The van der Waals surface area contributed by atoms with Crippen LogP contribution >= 0.6 is 0 Å². The SMILES string of the molecule is CN(C)CCn1ccc2[nH]c(=O)[nH]c(=O)c21. The summed E-state index contributed by atoms with van der Waals surface area (Å²) in [6, 6.07) is 1.74. The van der Waals surface area contributed by atoms with Crippen molar-refractivity contribution in [2.45, 2.75) is 6.54 Å². The summed E-state index contributed by atoms with van der Waals surface area (Å²) in [5, 5.41) is 0. The van der Waals surface area contributed by atoms with Crippen molar-refractivity contribution in [1.82, 2.24) is 19.4 Å². The van der Waals surface area contributed by atoms with Gasteiger partial charge in [-0.25, -0.2) is 4.79 Å². The Kier molecular flexibility index (Phi) is 2.66. The second-order valence-electron chi connectivity index (χ2n) is 3.98. The first-order valence-electron chi connectivity index (χ1n) is 5.04. The molecule has 0 unspecified atom stereocenters. The molecule has 0 bridgehead atoms. The fraction of sp³-hybridized carbons (Fsp3) is 0.400. The van der Waals surface area contributed by atoms with E-state index < -0.39 is 5.69 Å². The average molecular weight is 222 g/mol. The maximum Gasteiger partial charge on any atom is 0.326 e. The molecule has 2 N–H and O–H groups in total. The minimum Gasteiger partial charge on any atom is -0.340 e. The molecule has 2 aromatic heterocycles. The third-order valence-electron chi connectivity index (χ3n) is 2.44. The van der Waals surface area contributed by atoms with Crippen molar-refractivity contribution in [3.8, 4) is 0 Å². The third kappa shape index (κ3) is 1.92. The fourth-order valence-corrected chi connectivity index (χ4v) is 1.64. The Bertz CT molecular complexity index is 605. The Morgan fingerprint density at radius 3 is 2.75 bits per heavy atom. The Balaban J connectivity index is 2.48. The number of hydrogen-bond donors (Lipinski definition) is 2. The van der Waals surface area contributed by atoms with E-state index >= 15 is 0 Å². The molecule has 0 spiro atoms. The summed E-state index contributed by atoms with van der Waals surface area (Å²) in [6.07, 6.45) is 1.80. The van der Waals surface area contributed by atoms with Gasteiger partial charge >= 0.3 is 5.69 Å². The number of aromatic nitrogens is 3. The Morgan fingerprint density at radius 2 is 2.06 bits per heavy atom. The van der Waals surface area contributed by atoms with Crippen molar-refractivity contribution in [1.29, 1.82) is 0 Å². The largest absolute Gasteiger partial charge is 0.340 e. The average Bonchev–Trinajstić information content (AvgIpc) is 2.57. The van der Waals surface area contributed by atoms with Gasteiger partial charge in [-0.15, -0.1) is 0 Å². The molecule has 0 radical (unpaired) electrons. The summed E-state index contributed by atoms with van der Waals surface area (Å²) in [5.74, 6) is 0. The van der Waals surface area contributed by atoms with Gasteiger partial charge in [0.05, 0.1) is 5.52 Å². The maximum atomic E-state index is 11.6. The zero-order valence-electron chi connectivity index (χ0n) is 9.28. The molecule has 86 valence electrons. The normalized spacial score (nSPS) is 11.4. The van der Waals surface area contributed by atoms with E-state index in [4.69, 9.17) is 0 Å². The molecular formula is C10H14N4O2. The van der Waals surface area contributed by atoms with E-state index in [-0.39, 0.29) is 5.56 Å². The van der Waals surface area contributed by atoms with Crippen LogP contribution in [0.4, 0.5) is 0 Å². The Morgan fingerprint density at radius 1 is 1.31 bits per heavy atom. The predicted molar refractivity (Wildman–Crippen MR) is 61.7 cm³/mol. The first-order valence-corrected chi connectivity index (χ1v) is 5.04. The van der Waals surface area contributed by atoms with Gasteiger partial charge in [0, 0.05) is 19.3 Å². The van der Waals surface area contributed by atoms with E-state index in [1.807, 2.05) is 23.6 Å². The quantitative estimate of drug-likeness (QED) is 0.740. The second-order valence-corrected chi connectivity index (χ2v) is 3.98. The van der Waals surface area contributed by atoms with E-state index in [1.165, 1.54) is 0 Å². The molecule has 2 rings (SSSR count). The summed E-state index contributed by atoms with van der Waals surface area (Å²) >= 11 is 0. The van der Waals surface area contributed by atoms with Gasteiger partial charge in [0.25, 0.3) is 5.56 Å². The highest BCUT2D eigenvalue weighted by Crippen LogP contribution is 2.06. The van der Waals surface area contributed by atoms with Gasteiger partial charge in [0.2, 0.25) is 0 Å². The standard InChI is InChI=1S/C10H14N4O2/c1-13(2)5-6-14-4-3-7-8(14)9(15)12-10(16)11-7/h3-4H,5-6H2,1-2H3,(H2,11,12,15,16). The van der Waals surface area contributed by atoms with Crippen LogP contribution in [0.25, 0.3) is 11.0 Å². The van der Waals surface area contributed by atoms with Crippen molar-refractivity contribution < 1.29 is 0 Å². The molecule has 16 heavy (non-hydrogen) atoms. The molecule has 0 aliphatic rings. The van der Waals surface area contributed by atoms with Gasteiger partial charge < -0.3 is 14.5 Å². The van der Waals surface area contributed by atoms with Crippen LogP contribution in [0.2, 0.25) is 0 Å². The van der Waals surface area contributed by atoms with Crippen molar-refractivity contribution in [3.63, 3.8) is 0 Å². The molecule has 0 aliphatic heterocycles. The van der Waals surface area contributed by atoms with Crippen LogP contribution in [0.1, 0.15) is 0 Å². The van der Waals surface area contributed by atoms with Gasteiger partial charge in [0.1, 0.15) is 5.52 Å². The number of likely N-dealkylation sites (N-methyl/N-ethyl adjacent to an activating group) is 1. The van der Waals surface area contributed by atoms with E-state index in [1.54, 1.807) is 12.3 Å². The molecule has 6 heteroatoms. The molecular weight excluding hydrogens is 208 g/mol. The molecule has 0 aliphatic carbocycles. The molecule has 6 nitrogen and oxygen atoms in total. The number of nitrogens with one attached hydrogen (secondary N) is 2. The zero-order chi connectivity index (χ0) is 11.7. The summed E-state index contributed by atoms with van der Waals surface area (Å²) in [5.41, 5.74) is 0.277. The van der Waals surface area contributed by atoms with Gasteiger partial charge in [-0.2, -0.15) is 0 Å². The molecule has 0 atom stereocenters. The van der Waals surface area contributed by atoms with Crippen molar-refractivity contribution in [2.75, 3.05) is 20.6 Å². The summed E-state index contributed by atoms with van der Waals surface area (Å²) in [6.45, 7) is 1.55. The number of H-pyrrole nitrogens is 2. The van der Waals surface area contributed by atoms with E-state index in [9.17, 15) is 9.59 Å². The maximum absolute atomic E-state index is 11.6. The highest BCUT2D eigenvalue weighted by Gasteiger charge is 2.06. The minimum atomic E-state index is -0.470. The molecule has 0 amide bonds. The molecule has 0 fully saturated rings. The van der Waals surface area contributed by atoms with Crippen molar-refractivity contribution in [3.05, 3.63) is 33.1 Å². The van der Waals surface area contributed by atoms with E-state index in [0.717, 1.165) is 6.54 Å². The Hall–Kier alpha value is -1.82. The highest BCUT2D eigenvalue weighted by molar-refractivity contribution is 5.74. The molecule has 0 aromatic carbocycles. The summed E-state index contributed by atoms with van der Waals surface area (Å²) < 4.78 is 1.84. The van der Waals surface area contributed by atoms with E-state index in [2.05, 4.69) is 9.97 Å². The zero-order valence-corrected chi connectivity index (χ0v) is 9.28. The number of nitrogens with zero attached hydrogens (tertiary/aromatic N) is 2. The first kappa shape index (κ1) is 10.7. The Labute approximate surface area is 91.5 Å². The lowest BCUT2D eigenvalue weighted by Gasteiger charge is -2.10. The van der Waals surface area contributed by atoms with Crippen molar-refractivity contribution in [2.24, 2.45) is 0 Å². The minimum absolute atomic E-state index is 0.345. The first-order chi connectivity index (χ1) is 7.58.